The van der Waals surface area contributed by atoms with Crippen LogP contribution in [-0.2, 0) is 37.3 Å². The minimum atomic E-state index is 1.85. The van der Waals surface area contributed by atoms with Crippen molar-refractivity contribution in [3.05, 3.63) is 0 Å². The molecule has 0 fully saturated rings. The molecule has 0 amide bonds. The van der Waals surface area contributed by atoms with Crippen LogP contribution in [0.1, 0.15) is 6.92 Å². The summed E-state index contributed by atoms with van der Waals surface area (Å²) in [4.78, 5) is 31.0. The molecule has 0 heterocycles. The maximum Gasteiger partial charge on any atom is -0.282 e. The molecule has 0 aromatic rings. The Morgan fingerprint density at radius 1 is 0.818 bits per heavy atom. The number of hydrogen-bond donors (Lipinski definition) is 0. The van der Waals surface area contributed by atoms with Gasteiger partial charge in [-0.05, 0) is 0 Å². The van der Waals surface area contributed by atoms with Crippen molar-refractivity contribution in [2.75, 3.05) is 0 Å². The van der Waals surface area contributed by atoms with Crippen molar-refractivity contribution in [1.29, 1.82) is 0 Å². The molecular weight excluding hydrogens is 326 g/mol. The average Bonchev–Trinajstić information content (AvgIpc) is 2.18. The van der Waals surface area contributed by atoms with E-state index in [2.05, 4.69) is 27.2 Å². The van der Waals surface area contributed by atoms with E-state index in [9.17, 15) is 0 Å². The normalized spacial score (nSPS) is 2.73. The van der Waals surface area contributed by atoms with Gasteiger partial charge in [0.05, 0.1) is 0 Å². The molecule has 0 saturated heterocycles. The standard InChI is InChI=1S/C2H4.4CHO.Os/c5*1-2;/h1H,2H3;4*1H;/q;4*-1;. The SMILES string of the molecule is C[CH]=[Os].[CH-]=O.[CH-]=O.[CH-]=O.[CH-]=O. The first-order valence-corrected chi connectivity index (χ1v) is 3.19. The zero-order chi connectivity index (χ0) is 10.7. The molecular formula is C6H8O4Os-4. The second-order valence-electron chi connectivity index (χ2n) is 0.204. The summed E-state index contributed by atoms with van der Waals surface area (Å²) in [5.41, 5.74) is 0. The van der Waals surface area contributed by atoms with Crippen LogP contribution in [0.25, 0.3) is 0 Å². The van der Waals surface area contributed by atoms with Gasteiger partial charge in [0.25, 0.3) is 0 Å². The molecule has 0 aromatic heterocycles. The minimum absolute atomic E-state index is 1.85. The van der Waals surface area contributed by atoms with Crippen LogP contribution in [-0.4, -0.2) is 31.7 Å². The molecule has 0 aromatic carbocycles. The monoisotopic (exact) mass is 336 g/mol. The van der Waals surface area contributed by atoms with Crippen LogP contribution < -0.4 is 0 Å². The molecule has 0 aliphatic carbocycles. The Morgan fingerprint density at radius 3 is 0.818 bits per heavy atom. The van der Waals surface area contributed by atoms with Gasteiger partial charge in [-0.1, -0.05) is 0 Å². The first kappa shape index (κ1) is 32.0. The Kier molecular flexibility index (Phi) is 51500. The molecule has 0 aliphatic heterocycles. The smallest absolute Gasteiger partial charge is 0.282 e. The fourth-order valence-electron chi connectivity index (χ4n) is 0. The van der Waals surface area contributed by atoms with E-state index in [0.29, 0.717) is 0 Å². The molecule has 5 heteroatoms. The minimum Gasteiger partial charge on any atom is -0.545 e. The molecule has 0 atom stereocenters. The Bertz CT molecular complexity index is 43.8. The Morgan fingerprint density at radius 2 is 0.818 bits per heavy atom. The van der Waals surface area contributed by atoms with Gasteiger partial charge >= 0.3 is 29.6 Å². The van der Waals surface area contributed by atoms with Crippen LogP contribution in [0.3, 0.4) is 0 Å². The van der Waals surface area contributed by atoms with Crippen molar-refractivity contribution in [3.63, 3.8) is 0 Å². The van der Waals surface area contributed by atoms with E-state index in [0.717, 1.165) is 0 Å². The molecule has 11 heavy (non-hydrogen) atoms. The largest absolute Gasteiger partial charge is 0.545 e. The molecule has 0 aliphatic rings. The maximum atomic E-state index is 7.75. The molecule has 0 bridgehead atoms. The topological polar surface area (TPSA) is 68.3 Å². The van der Waals surface area contributed by atoms with Crippen LogP contribution in [0.2, 0.25) is 0 Å². The van der Waals surface area contributed by atoms with E-state index in [1.807, 2.05) is 29.6 Å². The van der Waals surface area contributed by atoms with Crippen molar-refractivity contribution in [3.8, 4) is 0 Å². The van der Waals surface area contributed by atoms with E-state index in [-0.39, 0.29) is 0 Å². The van der Waals surface area contributed by atoms with Crippen LogP contribution in [0.5, 0.6) is 0 Å². The van der Waals surface area contributed by atoms with E-state index < -0.39 is 0 Å². The number of hydrogen-bond acceptors (Lipinski definition) is 4. The summed E-state index contributed by atoms with van der Waals surface area (Å²) < 4.78 is 2.03. The molecule has 0 N–H and O–H groups in total. The third kappa shape index (κ3) is 717. The summed E-state index contributed by atoms with van der Waals surface area (Å²) >= 11 is 1.85. The third-order valence-electron chi connectivity index (χ3n) is 0. The Labute approximate surface area is 76.4 Å². The van der Waals surface area contributed by atoms with Crippen molar-refractivity contribution in [2.45, 2.75) is 6.92 Å². The van der Waals surface area contributed by atoms with Gasteiger partial charge in [-0.3, -0.25) is 27.2 Å². The van der Waals surface area contributed by atoms with Gasteiger partial charge < -0.3 is 19.2 Å². The summed E-state index contributed by atoms with van der Waals surface area (Å²) in [5.74, 6) is 0. The van der Waals surface area contributed by atoms with Gasteiger partial charge in [0.1, 0.15) is 0 Å². The first-order chi connectivity index (χ1) is 5.41. The summed E-state index contributed by atoms with van der Waals surface area (Å²) in [6, 6.07) is 0. The quantitative estimate of drug-likeness (QED) is 0.432. The van der Waals surface area contributed by atoms with Gasteiger partial charge in [-0.25, -0.2) is 0 Å². The zero-order valence-electron chi connectivity index (χ0n) is 5.87. The zero-order valence-corrected chi connectivity index (χ0v) is 8.41. The number of carbonyl (C=O) groups excluding carboxylic acids is 4. The molecule has 4 nitrogen and oxygen atoms in total. The molecule has 0 saturated carbocycles. The number of rotatable bonds is 0. The predicted octanol–water partition coefficient (Wildman–Crippen LogP) is -0.741. The Balaban J connectivity index is -0.0000000139. The van der Waals surface area contributed by atoms with Crippen molar-refractivity contribution in [1.82, 2.24) is 0 Å². The van der Waals surface area contributed by atoms with Crippen LogP contribution in [0, 0.1) is 0 Å². The van der Waals surface area contributed by atoms with E-state index in [1.165, 1.54) is 0 Å². The van der Waals surface area contributed by atoms with E-state index in [4.69, 9.17) is 19.2 Å². The molecule has 0 rings (SSSR count). The summed E-state index contributed by atoms with van der Waals surface area (Å²) in [6.07, 6.45) is 0. The molecule has 68 valence electrons. The van der Waals surface area contributed by atoms with Gasteiger partial charge in [0.2, 0.25) is 0 Å². The summed E-state index contributed by atoms with van der Waals surface area (Å²) in [7, 11) is 0. The summed E-state index contributed by atoms with van der Waals surface area (Å²) in [6.45, 7) is 15.0. The summed E-state index contributed by atoms with van der Waals surface area (Å²) in [5, 5.41) is 0. The van der Waals surface area contributed by atoms with Gasteiger partial charge in [-0.2, -0.15) is 0 Å². The van der Waals surface area contributed by atoms with E-state index in [1.54, 1.807) is 0 Å². The van der Waals surface area contributed by atoms with Gasteiger partial charge in [0.15, 0.2) is 0 Å². The average molecular weight is 334 g/mol. The molecule has 0 radical (unpaired) electrons. The fourth-order valence-corrected chi connectivity index (χ4v) is 0. The molecule has 0 unspecified atom stereocenters. The van der Waals surface area contributed by atoms with E-state index >= 15 is 0 Å². The third-order valence-corrected chi connectivity index (χ3v) is 0. The Hall–Kier alpha value is -0.814. The fraction of sp³-hybridized carbons (Fsp3) is 0.167. The van der Waals surface area contributed by atoms with Gasteiger partial charge in [0, 0.05) is 0 Å². The van der Waals surface area contributed by atoms with Crippen molar-refractivity contribution < 1.29 is 37.3 Å². The second-order valence-corrected chi connectivity index (χ2v) is 1.67. The van der Waals surface area contributed by atoms with Crippen molar-refractivity contribution >= 4 is 31.7 Å². The predicted molar refractivity (Wildman–Crippen MR) is 38.7 cm³/mol. The first-order valence-electron chi connectivity index (χ1n) is 1.72. The van der Waals surface area contributed by atoms with Crippen LogP contribution in [0.4, 0.5) is 0 Å². The maximum absolute atomic E-state index is 7.75. The second kappa shape index (κ2) is 17700. The van der Waals surface area contributed by atoms with Crippen LogP contribution in [0.15, 0.2) is 0 Å². The molecule has 0 spiro atoms. The van der Waals surface area contributed by atoms with Gasteiger partial charge in [-0.15, -0.1) is 0 Å². The van der Waals surface area contributed by atoms with Crippen molar-refractivity contribution in [2.24, 2.45) is 0 Å². The van der Waals surface area contributed by atoms with Crippen LogP contribution >= 0.6 is 0 Å².